The van der Waals surface area contributed by atoms with Crippen molar-refractivity contribution < 1.29 is 23.5 Å². The van der Waals surface area contributed by atoms with Gasteiger partial charge in [-0.1, -0.05) is 6.07 Å². The highest BCUT2D eigenvalue weighted by atomic mass is 19.1. The van der Waals surface area contributed by atoms with E-state index in [4.69, 9.17) is 14.7 Å². The lowest BCUT2D eigenvalue weighted by atomic mass is 10.0. The lowest BCUT2D eigenvalue weighted by Crippen LogP contribution is -2.25. The molecule has 1 heterocycles. The van der Waals surface area contributed by atoms with Gasteiger partial charge >= 0.3 is 0 Å². The number of ketones is 1. The number of halogens is 1. The summed E-state index contributed by atoms with van der Waals surface area (Å²) in [6.45, 7) is 0.0854. The molecule has 1 amide bonds. The van der Waals surface area contributed by atoms with E-state index in [0.29, 0.717) is 24.3 Å². The number of carbonyl (C=O) groups is 2. The van der Waals surface area contributed by atoms with Gasteiger partial charge in [-0.15, -0.1) is 0 Å². The molecule has 3 rings (SSSR count). The molecule has 0 fully saturated rings. The van der Waals surface area contributed by atoms with Crippen LogP contribution in [0.15, 0.2) is 59.5 Å². The summed E-state index contributed by atoms with van der Waals surface area (Å²) < 4.78 is 25.7. The van der Waals surface area contributed by atoms with E-state index in [1.807, 2.05) is 6.07 Å². The second-order valence-corrected chi connectivity index (χ2v) is 7.60. The zero-order chi connectivity index (χ0) is 26.1. The average molecular weight is 488 g/mol. The number of methoxy groups -OCH3 is 1. The van der Waals surface area contributed by atoms with Crippen molar-refractivity contribution in [1.82, 2.24) is 4.57 Å². The molecular formula is C26H21FN4O5. The summed E-state index contributed by atoms with van der Waals surface area (Å²) in [6.07, 6.45) is 1.77. The fourth-order valence-electron chi connectivity index (χ4n) is 3.35. The summed E-state index contributed by atoms with van der Waals surface area (Å²) in [6, 6.07) is 14.4. The number of nitrogens with zero attached hydrogens (tertiary/aromatic N) is 3. The number of aryl methyl sites for hydroxylation is 1. The lowest BCUT2D eigenvalue weighted by molar-refractivity contribution is -0.118. The van der Waals surface area contributed by atoms with Gasteiger partial charge in [0.05, 0.1) is 17.2 Å². The number of carbonyl (C=O) groups excluding carboxylic acids is 2. The normalized spacial score (nSPS) is 10.2. The number of hydrogen-bond acceptors (Lipinski definition) is 7. The van der Waals surface area contributed by atoms with Crippen molar-refractivity contribution in [2.75, 3.05) is 25.6 Å². The van der Waals surface area contributed by atoms with Crippen LogP contribution in [-0.4, -0.2) is 36.6 Å². The molecule has 10 heteroatoms. The quantitative estimate of drug-likeness (QED) is 0.342. The summed E-state index contributed by atoms with van der Waals surface area (Å²) in [5.41, 5.74) is -0.246. The van der Waals surface area contributed by atoms with Gasteiger partial charge in [-0.25, -0.2) is 4.39 Å². The lowest BCUT2D eigenvalue weighted by Gasteiger charge is -2.13. The third kappa shape index (κ3) is 6.41. The summed E-state index contributed by atoms with van der Waals surface area (Å²) >= 11 is 0. The summed E-state index contributed by atoms with van der Waals surface area (Å²) in [5, 5.41) is 20.9. The number of amides is 1. The molecular weight excluding hydrogens is 467 g/mol. The number of anilines is 1. The van der Waals surface area contributed by atoms with Crippen molar-refractivity contribution in [3.05, 3.63) is 93.2 Å². The van der Waals surface area contributed by atoms with Gasteiger partial charge < -0.3 is 19.4 Å². The largest absolute Gasteiger partial charge is 0.483 e. The number of benzene rings is 2. The van der Waals surface area contributed by atoms with Gasteiger partial charge in [0.2, 0.25) is 0 Å². The third-order valence-corrected chi connectivity index (χ3v) is 5.04. The molecule has 0 unspecified atom stereocenters. The number of nitrogens with one attached hydrogen (secondary N) is 1. The molecule has 0 aliphatic rings. The highest BCUT2D eigenvalue weighted by Crippen LogP contribution is 2.23. The van der Waals surface area contributed by atoms with Gasteiger partial charge in [-0.3, -0.25) is 14.4 Å². The van der Waals surface area contributed by atoms with E-state index in [1.54, 1.807) is 24.3 Å². The number of ether oxygens (including phenoxy) is 2. The second kappa shape index (κ2) is 12.1. The Kier molecular flexibility index (Phi) is 8.65. The van der Waals surface area contributed by atoms with Gasteiger partial charge in [-0.05, 0) is 48.9 Å². The first kappa shape index (κ1) is 25.8. The van der Waals surface area contributed by atoms with Crippen LogP contribution >= 0.6 is 0 Å². The number of rotatable bonds is 10. The SMILES string of the molecule is COCCCn1cc(C(=O)c2cc(F)ccc2OCC(=O)Nc2cccc(C#N)c2)cc(C#N)c1=O. The number of hydrogen-bond donors (Lipinski definition) is 1. The number of nitriles is 2. The van der Waals surface area contributed by atoms with E-state index in [2.05, 4.69) is 5.32 Å². The monoisotopic (exact) mass is 488 g/mol. The molecule has 0 aliphatic heterocycles. The van der Waals surface area contributed by atoms with E-state index in [0.717, 1.165) is 18.2 Å². The van der Waals surface area contributed by atoms with Gasteiger partial charge in [0.15, 0.2) is 12.4 Å². The maximum atomic E-state index is 14.0. The van der Waals surface area contributed by atoms with Crippen molar-refractivity contribution in [3.63, 3.8) is 0 Å². The number of aromatic nitrogens is 1. The molecule has 0 spiro atoms. The molecule has 0 atom stereocenters. The van der Waals surface area contributed by atoms with Crippen LogP contribution in [0.1, 0.15) is 33.5 Å². The Morgan fingerprint density at radius 3 is 2.64 bits per heavy atom. The smallest absolute Gasteiger partial charge is 0.268 e. The molecule has 0 radical (unpaired) electrons. The molecule has 3 aromatic rings. The Bertz CT molecular complexity index is 1440. The zero-order valence-corrected chi connectivity index (χ0v) is 19.3. The Hall–Kier alpha value is -4.80. The second-order valence-electron chi connectivity index (χ2n) is 7.60. The van der Waals surface area contributed by atoms with Crippen molar-refractivity contribution >= 4 is 17.4 Å². The van der Waals surface area contributed by atoms with Crippen LogP contribution in [0.5, 0.6) is 5.75 Å². The van der Waals surface area contributed by atoms with E-state index in [-0.39, 0.29) is 29.0 Å². The predicted molar refractivity (Wildman–Crippen MR) is 127 cm³/mol. The minimum Gasteiger partial charge on any atom is -0.483 e. The van der Waals surface area contributed by atoms with Crippen LogP contribution in [0.3, 0.4) is 0 Å². The summed E-state index contributed by atoms with van der Waals surface area (Å²) in [5.74, 6) is -2.02. The van der Waals surface area contributed by atoms with Crippen molar-refractivity contribution in [2.24, 2.45) is 0 Å². The Morgan fingerprint density at radius 2 is 1.92 bits per heavy atom. The molecule has 1 aromatic heterocycles. The Morgan fingerprint density at radius 1 is 1.11 bits per heavy atom. The van der Waals surface area contributed by atoms with E-state index >= 15 is 0 Å². The van der Waals surface area contributed by atoms with Gasteiger partial charge in [0.1, 0.15) is 23.2 Å². The number of pyridine rings is 1. The molecule has 182 valence electrons. The van der Waals surface area contributed by atoms with Crippen molar-refractivity contribution in [2.45, 2.75) is 13.0 Å². The van der Waals surface area contributed by atoms with Crippen LogP contribution < -0.4 is 15.6 Å². The van der Waals surface area contributed by atoms with Gasteiger partial charge in [0, 0.05) is 37.7 Å². The van der Waals surface area contributed by atoms with Crippen LogP contribution in [0.25, 0.3) is 0 Å². The Labute approximate surface area is 205 Å². The molecule has 1 N–H and O–H groups in total. The predicted octanol–water partition coefficient (Wildman–Crippen LogP) is 3.02. The van der Waals surface area contributed by atoms with E-state index in [9.17, 15) is 24.0 Å². The highest BCUT2D eigenvalue weighted by molar-refractivity contribution is 6.10. The van der Waals surface area contributed by atoms with E-state index < -0.39 is 29.7 Å². The first-order chi connectivity index (χ1) is 17.4. The van der Waals surface area contributed by atoms with E-state index in [1.165, 1.54) is 30.0 Å². The van der Waals surface area contributed by atoms with Crippen LogP contribution in [-0.2, 0) is 16.1 Å². The minimum absolute atomic E-state index is 0.0169. The topological polar surface area (TPSA) is 134 Å². The maximum Gasteiger partial charge on any atom is 0.268 e. The molecule has 0 saturated heterocycles. The zero-order valence-electron chi connectivity index (χ0n) is 19.3. The molecule has 0 saturated carbocycles. The van der Waals surface area contributed by atoms with Crippen molar-refractivity contribution in [1.29, 1.82) is 10.5 Å². The fourth-order valence-corrected chi connectivity index (χ4v) is 3.35. The van der Waals surface area contributed by atoms with Crippen molar-refractivity contribution in [3.8, 4) is 17.9 Å². The molecule has 0 bridgehead atoms. The molecule has 36 heavy (non-hydrogen) atoms. The Balaban J connectivity index is 1.84. The van der Waals surface area contributed by atoms with Crippen LogP contribution in [0.2, 0.25) is 0 Å². The molecule has 9 nitrogen and oxygen atoms in total. The van der Waals surface area contributed by atoms with Crippen LogP contribution in [0, 0.1) is 28.5 Å². The average Bonchev–Trinajstić information content (AvgIpc) is 2.88. The standard InChI is InChI=1S/C26H21FN4O5/c1-35-9-3-8-31-15-19(11-18(14-29)26(31)34)25(33)22-12-20(27)6-7-23(22)36-16-24(32)30-21-5-2-4-17(10-21)13-28/h2,4-7,10-12,15H,3,8-9,16H2,1H3,(H,30,32). The first-order valence-corrected chi connectivity index (χ1v) is 10.8. The molecule has 2 aromatic carbocycles. The first-order valence-electron chi connectivity index (χ1n) is 10.8. The van der Waals surface area contributed by atoms with Gasteiger partial charge in [-0.2, -0.15) is 10.5 Å². The minimum atomic E-state index is -0.711. The van der Waals surface area contributed by atoms with Crippen LogP contribution in [0.4, 0.5) is 10.1 Å². The fraction of sp³-hybridized carbons (Fsp3) is 0.192. The van der Waals surface area contributed by atoms with Gasteiger partial charge in [0.25, 0.3) is 11.5 Å². The third-order valence-electron chi connectivity index (χ3n) is 5.04. The summed E-state index contributed by atoms with van der Waals surface area (Å²) in [7, 11) is 1.51. The highest BCUT2D eigenvalue weighted by Gasteiger charge is 2.20. The molecule has 0 aliphatic carbocycles. The maximum absolute atomic E-state index is 14.0. The summed E-state index contributed by atoms with van der Waals surface area (Å²) in [4.78, 5) is 38.0.